The Morgan fingerprint density at radius 1 is 1.44 bits per heavy atom. The molecule has 1 heterocycles. The summed E-state index contributed by atoms with van der Waals surface area (Å²) in [5.41, 5.74) is 0.649. The first-order valence-electron chi connectivity index (χ1n) is 5.78. The van der Waals surface area contributed by atoms with Crippen molar-refractivity contribution in [2.24, 2.45) is 0 Å². The molecule has 4 heteroatoms. The lowest BCUT2D eigenvalue weighted by Crippen LogP contribution is -2.48. The van der Waals surface area contributed by atoms with Gasteiger partial charge in [-0.05, 0) is 32.6 Å². The number of hydrogen-bond donors (Lipinski definition) is 1. The van der Waals surface area contributed by atoms with Gasteiger partial charge >= 0.3 is 5.97 Å². The fourth-order valence-corrected chi connectivity index (χ4v) is 2.05. The van der Waals surface area contributed by atoms with Gasteiger partial charge in [0.2, 0.25) is 5.91 Å². The zero-order chi connectivity index (χ0) is 12.1. The van der Waals surface area contributed by atoms with Crippen molar-refractivity contribution in [3.63, 3.8) is 0 Å². The number of allylic oxidation sites excluding steroid dienone is 1. The number of carbonyl (C=O) groups is 2. The van der Waals surface area contributed by atoms with Crippen LogP contribution in [0.4, 0.5) is 0 Å². The molecule has 4 nitrogen and oxygen atoms in total. The van der Waals surface area contributed by atoms with Crippen molar-refractivity contribution in [2.45, 2.75) is 45.6 Å². The van der Waals surface area contributed by atoms with Crippen molar-refractivity contribution < 1.29 is 14.7 Å². The number of piperidine rings is 1. The molecule has 0 spiro atoms. The summed E-state index contributed by atoms with van der Waals surface area (Å²) < 4.78 is 0. The number of likely N-dealkylation sites (tertiary alicyclic amines) is 1. The van der Waals surface area contributed by atoms with Gasteiger partial charge in [0.1, 0.15) is 6.04 Å². The lowest BCUT2D eigenvalue weighted by molar-refractivity contribution is -0.150. The summed E-state index contributed by atoms with van der Waals surface area (Å²) in [6.07, 6.45) is 4.99. The fourth-order valence-electron chi connectivity index (χ4n) is 2.05. The second-order valence-corrected chi connectivity index (χ2v) is 4.14. The number of amides is 1. The summed E-state index contributed by atoms with van der Waals surface area (Å²) in [6, 6.07) is -0.638. The Balaban J connectivity index is 2.79. The van der Waals surface area contributed by atoms with Crippen LogP contribution >= 0.6 is 0 Å². The van der Waals surface area contributed by atoms with Crippen LogP contribution in [-0.4, -0.2) is 34.5 Å². The molecule has 1 aliphatic heterocycles. The Hall–Kier alpha value is -1.32. The average Bonchev–Trinajstić information content (AvgIpc) is 2.28. The van der Waals surface area contributed by atoms with Crippen molar-refractivity contribution in [2.75, 3.05) is 6.54 Å². The monoisotopic (exact) mass is 225 g/mol. The van der Waals surface area contributed by atoms with Gasteiger partial charge in [0.05, 0.1) is 0 Å². The highest BCUT2D eigenvalue weighted by Gasteiger charge is 2.32. The summed E-state index contributed by atoms with van der Waals surface area (Å²) in [5.74, 6) is -1.02. The number of carboxylic acid groups (broad SMARTS) is 1. The Bertz CT molecular complexity index is 309. The van der Waals surface area contributed by atoms with E-state index in [1.165, 1.54) is 4.90 Å². The lowest BCUT2D eigenvalue weighted by atomic mass is 10.0. The summed E-state index contributed by atoms with van der Waals surface area (Å²) in [6.45, 7) is 4.27. The van der Waals surface area contributed by atoms with Crippen molar-refractivity contribution >= 4 is 11.9 Å². The van der Waals surface area contributed by atoms with E-state index in [0.717, 1.165) is 19.3 Å². The molecule has 1 fully saturated rings. The van der Waals surface area contributed by atoms with Crippen LogP contribution in [0.25, 0.3) is 0 Å². The molecule has 0 saturated carbocycles. The molecule has 0 aromatic heterocycles. The molecular weight excluding hydrogens is 206 g/mol. The predicted molar refractivity (Wildman–Crippen MR) is 61.0 cm³/mol. The highest BCUT2D eigenvalue weighted by molar-refractivity contribution is 5.95. The molecule has 1 amide bonds. The SMILES string of the molecule is CCC=C(C)C(=O)N1CCCC[C@@H]1C(=O)O. The number of nitrogens with zero attached hydrogens (tertiary/aromatic N) is 1. The van der Waals surface area contributed by atoms with Crippen LogP contribution in [0.1, 0.15) is 39.5 Å². The van der Waals surface area contributed by atoms with Gasteiger partial charge in [-0.1, -0.05) is 13.0 Å². The zero-order valence-corrected chi connectivity index (χ0v) is 9.90. The van der Waals surface area contributed by atoms with Gasteiger partial charge in [-0.15, -0.1) is 0 Å². The summed E-state index contributed by atoms with van der Waals surface area (Å²) in [4.78, 5) is 24.5. The van der Waals surface area contributed by atoms with Gasteiger partial charge in [0.15, 0.2) is 0 Å². The minimum absolute atomic E-state index is 0.131. The number of carboxylic acids is 1. The molecule has 1 saturated heterocycles. The summed E-state index contributed by atoms with van der Waals surface area (Å²) in [5, 5.41) is 9.06. The zero-order valence-electron chi connectivity index (χ0n) is 9.90. The smallest absolute Gasteiger partial charge is 0.326 e. The summed E-state index contributed by atoms with van der Waals surface area (Å²) >= 11 is 0. The molecule has 1 atom stereocenters. The topological polar surface area (TPSA) is 57.6 Å². The minimum atomic E-state index is -0.891. The maximum absolute atomic E-state index is 12.0. The standard InChI is InChI=1S/C12H19NO3/c1-3-6-9(2)11(14)13-8-5-4-7-10(13)12(15)16/h6,10H,3-5,7-8H2,1-2H3,(H,15,16)/t10-/m1/s1. The van der Waals surface area contributed by atoms with Crippen molar-refractivity contribution in [3.8, 4) is 0 Å². The molecule has 0 aromatic rings. The normalized spacial score (nSPS) is 22.0. The van der Waals surface area contributed by atoms with Gasteiger partial charge in [0.25, 0.3) is 0 Å². The molecule has 1 aliphatic rings. The maximum atomic E-state index is 12.0. The average molecular weight is 225 g/mol. The highest BCUT2D eigenvalue weighted by Crippen LogP contribution is 2.19. The highest BCUT2D eigenvalue weighted by atomic mass is 16.4. The van der Waals surface area contributed by atoms with Gasteiger partial charge in [-0.25, -0.2) is 4.79 Å². The molecule has 0 aliphatic carbocycles. The van der Waals surface area contributed by atoms with Crippen LogP contribution in [0.2, 0.25) is 0 Å². The third-order valence-corrected chi connectivity index (χ3v) is 2.90. The first kappa shape index (κ1) is 12.7. The van der Waals surface area contributed by atoms with Crippen LogP contribution in [0.5, 0.6) is 0 Å². The largest absolute Gasteiger partial charge is 0.480 e. The fraction of sp³-hybridized carbons (Fsp3) is 0.667. The number of hydrogen-bond acceptors (Lipinski definition) is 2. The Labute approximate surface area is 95.9 Å². The number of rotatable bonds is 3. The van der Waals surface area contributed by atoms with E-state index in [4.69, 9.17) is 5.11 Å². The van der Waals surface area contributed by atoms with E-state index in [9.17, 15) is 9.59 Å². The van der Waals surface area contributed by atoms with E-state index in [1.807, 2.05) is 13.0 Å². The van der Waals surface area contributed by atoms with Gasteiger partial charge < -0.3 is 10.0 Å². The number of aliphatic carboxylic acids is 1. The van der Waals surface area contributed by atoms with Crippen molar-refractivity contribution in [1.82, 2.24) is 4.90 Å². The van der Waals surface area contributed by atoms with E-state index < -0.39 is 12.0 Å². The van der Waals surface area contributed by atoms with Crippen LogP contribution in [-0.2, 0) is 9.59 Å². The van der Waals surface area contributed by atoms with E-state index in [2.05, 4.69) is 0 Å². The van der Waals surface area contributed by atoms with Gasteiger partial charge in [-0.3, -0.25) is 4.79 Å². The van der Waals surface area contributed by atoms with E-state index in [-0.39, 0.29) is 5.91 Å². The third-order valence-electron chi connectivity index (χ3n) is 2.90. The summed E-state index contributed by atoms with van der Waals surface area (Å²) in [7, 11) is 0. The molecular formula is C12H19NO3. The molecule has 0 radical (unpaired) electrons. The van der Waals surface area contributed by atoms with Crippen LogP contribution in [0.3, 0.4) is 0 Å². The molecule has 0 aromatic carbocycles. The predicted octanol–water partition coefficient (Wildman–Crippen LogP) is 1.81. The Morgan fingerprint density at radius 3 is 2.69 bits per heavy atom. The van der Waals surface area contributed by atoms with Crippen molar-refractivity contribution in [3.05, 3.63) is 11.6 Å². The second kappa shape index (κ2) is 5.68. The van der Waals surface area contributed by atoms with E-state index in [1.54, 1.807) is 6.92 Å². The maximum Gasteiger partial charge on any atom is 0.326 e. The molecule has 1 N–H and O–H groups in total. The first-order chi connectivity index (χ1) is 7.57. The van der Waals surface area contributed by atoms with Crippen LogP contribution in [0.15, 0.2) is 11.6 Å². The van der Waals surface area contributed by atoms with E-state index >= 15 is 0 Å². The van der Waals surface area contributed by atoms with Gasteiger partial charge in [0, 0.05) is 12.1 Å². The van der Waals surface area contributed by atoms with Gasteiger partial charge in [-0.2, -0.15) is 0 Å². The lowest BCUT2D eigenvalue weighted by Gasteiger charge is -2.33. The molecule has 0 bridgehead atoms. The molecule has 0 unspecified atom stereocenters. The number of carbonyl (C=O) groups excluding carboxylic acids is 1. The molecule has 16 heavy (non-hydrogen) atoms. The second-order valence-electron chi connectivity index (χ2n) is 4.14. The first-order valence-corrected chi connectivity index (χ1v) is 5.78. The van der Waals surface area contributed by atoms with Crippen LogP contribution < -0.4 is 0 Å². The Kier molecular flexibility index (Phi) is 4.52. The molecule has 90 valence electrons. The van der Waals surface area contributed by atoms with Crippen molar-refractivity contribution in [1.29, 1.82) is 0 Å². The minimum Gasteiger partial charge on any atom is -0.480 e. The quantitative estimate of drug-likeness (QED) is 0.745. The molecule has 1 rings (SSSR count). The van der Waals surface area contributed by atoms with Crippen LogP contribution in [0, 0.1) is 0 Å². The van der Waals surface area contributed by atoms with E-state index in [0.29, 0.717) is 18.5 Å². The third kappa shape index (κ3) is 2.84. The Morgan fingerprint density at radius 2 is 2.12 bits per heavy atom.